The van der Waals surface area contributed by atoms with E-state index in [4.69, 9.17) is 0 Å². The fraction of sp³-hybridized carbons (Fsp3) is 0.211. The molecule has 0 saturated heterocycles. The van der Waals surface area contributed by atoms with Crippen LogP contribution in [-0.4, -0.2) is 30.5 Å². The second kappa shape index (κ2) is 5.39. The van der Waals surface area contributed by atoms with Crippen LogP contribution in [0.2, 0.25) is 0 Å². The molecule has 0 saturated carbocycles. The summed E-state index contributed by atoms with van der Waals surface area (Å²) < 4.78 is 1.83. The maximum atomic E-state index is 10.0. The van der Waals surface area contributed by atoms with Crippen molar-refractivity contribution >= 4 is 21.8 Å². The Bertz CT molecular complexity index is 1030. The predicted octanol–water partition coefficient (Wildman–Crippen LogP) is 3.22. The highest BCUT2D eigenvalue weighted by Gasteiger charge is 2.16. The number of hydrogen-bond acceptors (Lipinski definition) is 4. The quantitative estimate of drug-likeness (QED) is 0.630. The van der Waals surface area contributed by atoms with Crippen molar-refractivity contribution in [3.63, 3.8) is 0 Å². The molecule has 0 atom stereocenters. The first-order chi connectivity index (χ1) is 11.5. The van der Waals surface area contributed by atoms with Crippen LogP contribution in [0, 0.1) is 6.20 Å². The highest BCUT2D eigenvalue weighted by atomic mass is 16.3. The van der Waals surface area contributed by atoms with Gasteiger partial charge < -0.3 is 5.11 Å². The number of nitrogens with zero attached hydrogens (tertiary/aromatic N) is 4. The van der Waals surface area contributed by atoms with E-state index in [0.29, 0.717) is 6.54 Å². The number of aliphatic hydroxyl groups is 1. The number of benzene rings is 1. The van der Waals surface area contributed by atoms with Crippen LogP contribution in [0.1, 0.15) is 13.8 Å². The third-order valence-electron chi connectivity index (χ3n) is 3.95. The number of hydrogen-bond donors (Lipinski definition) is 1. The second-order valence-electron chi connectivity index (χ2n) is 6.59. The molecule has 0 bridgehead atoms. The third kappa shape index (κ3) is 2.63. The van der Waals surface area contributed by atoms with E-state index in [1.807, 2.05) is 35.3 Å². The molecule has 1 aromatic carbocycles. The van der Waals surface area contributed by atoms with Crippen LogP contribution in [0.15, 0.2) is 48.9 Å². The van der Waals surface area contributed by atoms with Gasteiger partial charge in [-0.15, -0.1) is 0 Å². The molecule has 0 aliphatic carbocycles. The predicted molar refractivity (Wildman–Crippen MR) is 93.4 cm³/mol. The van der Waals surface area contributed by atoms with Crippen molar-refractivity contribution in [3.05, 3.63) is 55.1 Å². The molecule has 3 heterocycles. The van der Waals surface area contributed by atoms with E-state index in [0.717, 1.165) is 32.9 Å². The molecule has 24 heavy (non-hydrogen) atoms. The summed E-state index contributed by atoms with van der Waals surface area (Å²) in [5.41, 5.74) is 3.08. The van der Waals surface area contributed by atoms with E-state index >= 15 is 0 Å². The summed E-state index contributed by atoms with van der Waals surface area (Å²) in [6.45, 7) is 4.00. The van der Waals surface area contributed by atoms with E-state index in [9.17, 15) is 5.11 Å². The molecule has 0 aliphatic rings. The van der Waals surface area contributed by atoms with Gasteiger partial charge in [0.05, 0.1) is 35.6 Å². The molecule has 0 unspecified atom stereocenters. The first-order valence-electron chi connectivity index (χ1n) is 7.80. The average Bonchev–Trinajstić information content (AvgIpc) is 2.95. The standard InChI is InChI=1S/C19H17N4O/c1-19(2,24)12-23-17-6-5-13(8-15(17)10-22-23)16-11-20-9-14-4-3-7-21-18(14)16/h3-6,8-11,24H,12H2,1-2H3. The highest BCUT2D eigenvalue weighted by Crippen LogP contribution is 2.29. The van der Waals surface area contributed by atoms with E-state index in [2.05, 4.69) is 27.3 Å². The first kappa shape index (κ1) is 14.8. The summed E-state index contributed by atoms with van der Waals surface area (Å²) in [4.78, 5) is 8.69. The summed E-state index contributed by atoms with van der Waals surface area (Å²) in [5.74, 6) is 0. The number of fused-ring (bicyclic) bond motifs is 2. The Hall–Kier alpha value is -2.79. The Labute approximate surface area is 139 Å². The molecular formula is C19H17N4O. The lowest BCUT2D eigenvalue weighted by molar-refractivity contribution is 0.0591. The molecule has 119 valence electrons. The van der Waals surface area contributed by atoms with Crippen molar-refractivity contribution < 1.29 is 5.11 Å². The fourth-order valence-corrected chi connectivity index (χ4v) is 2.90. The van der Waals surface area contributed by atoms with Crippen LogP contribution in [0.3, 0.4) is 0 Å². The molecule has 1 N–H and O–H groups in total. The number of aromatic nitrogens is 4. The second-order valence-corrected chi connectivity index (χ2v) is 6.59. The zero-order chi connectivity index (χ0) is 16.7. The Balaban J connectivity index is 1.84. The molecule has 0 spiro atoms. The van der Waals surface area contributed by atoms with Gasteiger partial charge in [-0.25, -0.2) is 4.98 Å². The zero-order valence-corrected chi connectivity index (χ0v) is 13.6. The summed E-state index contributed by atoms with van der Waals surface area (Å²) in [5, 5.41) is 16.4. The zero-order valence-electron chi connectivity index (χ0n) is 13.6. The maximum absolute atomic E-state index is 10.0. The topological polar surface area (TPSA) is 63.8 Å². The Morgan fingerprint density at radius 3 is 2.83 bits per heavy atom. The van der Waals surface area contributed by atoms with Crippen molar-refractivity contribution in [1.29, 1.82) is 0 Å². The van der Waals surface area contributed by atoms with Crippen molar-refractivity contribution in [1.82, 2.24) is 19.7 Å². The molecule has 5 heteroatoms. The Morgan fingerprint density at radius 2 is 2.00 bits per heavy atom. The largest absolute Gasteiger partial charge is 0.389 e. The minimum Gasteiger partial charge on any atom is -0.389 e. The van der Waals surface area contributed by atoms with E-state index in [-0.39, 0.29) is 0 Å². The maximum Gasteiger partial charge on any atom is 0.0894 e. The normalized spacial score (nSPS) is 12.1. The van der Waals surface area contributed by atoms with Crippen molar-refractivity contribution in [2.75, 3.05) is 0 Å². The van der Waals surface area contributed by atoms with Crippen LogP contribution in [0.4, 0.5) is 0 Å². The minimum absolute atomic E-state index is 0.447. The monoisotopic (exact) mass is 317 g/mol. The number of rotatable bonds is 3. The molecule has 0 amide bonds. The van der Waals surface area contributed by atoms with Gasteiger partial charge in [0, 0.05) is 28.7 Å². The lowest BCUT2D eigenvalue weighted by Gasteiger charge is -2.17. The average molecular weight is 317 g/mol. The van der Waals surface area contributed by atoms with E-state index in [1.54, 1.807) is 26.1 Å². The van der Waals surface area contributed by atoms with Crippen LogP contribution in [-0.2, 0) is 6.54 Å². The fourth-order valence-electron chi connectivity index (χ4n) is 2.90. The van der Waals surface area contributed by atoms with Gasteiger partial charge in [-0.3, -0.25) is 9.67 Å². The Morgan fingerprint density at radius 1 is 1.12 bits per heavy atom. The Kier molecular flexibility index (Phi) is 3.32. The molecule has 1 radical (unpaired) electrons. The van der Waals surface area contributed by atoms with Crippen molar-refractivity contribution in [2.45, 2.75) is 26.0 Å². The molecule has 4 aromatic rings. The SMILES string of the molecule is CC(C)(O)Cn1ncc2cc(-c3cncc4cc[c]nc34)ccc21. The molecule has 0 fully saturated rings. The van der Waals surface area contributed by atoms with Gasteiger partial charge in [-0.1, -0.05) is 6.07 Å². The number of pyridine rings is 2. The van der Waals surface area contributed by atoms with E-state index in [1.165, 1.54) is 0 Å². The van der Waals surface area contributed by atoms with Crippen LogP contribution in [0.5, 0.6) is 0 Å². The van der Waals surface area contributed by atoms with Crippen molar-refractivity contribution in [3.8, 4) is 11.1 Å². The minimum atomic E-state index is -0.809. The lowest BCUT2D eigenvalue weighted by Crippen LogP contribution is -2.26. The van der Waals surface area contributed by atoms with Gasteiger partial charge >= 0.3 is 0 Å². The third-order valence-corrected chi connectivity index (χ3v) is 3.95. The molecule has 4 rings (SSSR count). The molecular weight excluding hydrogens is 300 g/mol. The smallest absolute Gasteiger partial charge is 0.0894 e. The van der Waals surface area contributed by atoms with Gasteiger partial charge in [-0.05, 0) is 43.7 Å². The van der Waals surface area contributed by atoms with Gasteiger partial charge in [0.25, 0.3) is 0 Å². The summed E-state index contributed by atoms with van der Waals surface area (Å²) >= 11 is 0. The lowest BCUT2D eigenvalue weighted by atomic mass is 10.0. The summed E-state index contributed by atoms with van der Waals surface area (Å²) in [6.07, 6.45) is 8.34. The van der Waals surface area contributed by atoms with Crippen LogP contribution >= 0.6 is 0 Å². The van der Waals surface area contributed by atoms with Crippen LogP contribution in [0.25, 0.3) is 32.9 Å². The highest BCUT2D eigenvalue weighted by molar-refractivity contribution is 5.95. The first-order valence-corrected chi connectivity index (χ1v) is 7.80. The molecule has 3 aromatic heterocycles. The van der Waals surface area contributed by atoms with Gasteiger partial charge in [0.2, 0.25) is 0 Å². The molecule has 5 nitrogen and oxygen atoms in total. The van der Waals surface area contributed by atoms with Gasteiger partial charge in [-0.2, -0.15) is 5.10 Å². The van der Waals surface area contributed by atoms with E-state index < -0.39 is 5.60 Å². The van der Waals surface area contributed by atoms with Gasteiger partial charge in [0.15, 0.2) is 0 Å². The summed E-state index contributed by atoms with van der Waals surface area (Å²) in [7, 11) is 0. The molecule has 0 aliphatic heterocycles. The van der Waals surface area contributed by atoms with Crippen LogP contribution < -0.4 is 0 Å². The van der Waals surface area contributed by atoms with Crippen molar-refractivity contribution in [2.24, 2.45) is 0 Å². The van der Waals surface area contributed by atoms with Gasteiger partial charge in [0.1, 0.15) is 0 Å². The summed E-state index contributed by atoms with van der Waals surface area (Å²) in [6, 6.07) is 9.88.